The second-order valence-corrected chi connectivity index (χ2v) is 3.79. The van der Waals surface area contributed by atoms with Crippen molar-refractivity contribution in [3.8, 4) is 5.75 Å². The number of benzene rings is 1. The highest BCUT2D eigenvalue weighted by Crippen LogP contribution is 2.33. The minimum Gasteiger partial charge on any atom is -0.495 e. The van der Waals surface area contributed by atoms with Crippen LogP contribution in [0.3, 0.4) is 0 Å². The number of hydrogen-bond donors (Lipinski definition) is 1. The molecule has 0 aromatic heterocycles. The zero-order valence-electron chi connectivity index (χ0n) is 7.73. The lowest BCUT2D eigenvalue weighted by Gasteiger charge is -2.07. The molecule has 0 unspecified atom stereocenters. The number of carbonyl (C=O) groups is 1. The first-order valence-corrected chi connectivity index (χ1v) is 5.02. The summed E-state index contributed by atoms with van der Waals surface area (Å²) >= 11 is 9.15. The first-order chi connectivity index (χ1) is 6.60. The van der Waals surface area contributed by atoms with Crippen LogP contribution in [0.25, 0.3) is 0 Å². The van der Waals surface area contributed by atoms with Gasteiger partial charge in [-0.25, -0.2) is 0 Å². The maximum absolute atomic E-state index is 11.3. The summed E-state index contributed by atoms with van der Waals surface area (Å²) in [5.41, 5.74) is 0.501. The molecule has 76 valence electrons. The fourth-order valence-corrected chi connectivity index (χ4v) is 1.62. The molecule has 0 fully saturated rings. The minimum atomic E-state index is -0.180. The topological polar surface area (TPSA) is 38.3 Å². The van der Waals surface area contributed by atoms with Crippen LogP contribution in [0.5, 0.6) is 5.75 Å². The molecule has 0 aliphatic heterocycles. The maximum atomic E-state index is 11.3. The molecule has 0 bridgehead atoms. The molecule has 1 N–H and O–H groups in total. The van der Waals surface area contributed by atoms with Crippen LogP contribution in [0.4, 0.5) is 0 Å². The van der Waals surface area contributed by atoms with Crippen LogP contribution in [0.1, 0.15) is 10.4 Å². The number of methoxy groups -OCH3 is 1. The fraction of sp³-hybridized carbons (Fsp3) is 0.222. The number of halogens is 2. The molecule has 1 aromatic rings. The Kier molecular flexibility index (Phi) is 3.77. The summed E-state index contributed by atoms with van der Waals surface area (Å²) in [5, 5.41) is 2.98. The number of hydrogen-bond acceptors (Lipinski definition) is 2. The van der Waals surface area contributed by atoms with Crippen LogP contribution in [0.15, 0.2) is 16.6 Å². The van der Waals surface area contributed by atoms with Crippen LogP contribution in [0.2, 0.25) is 5.02 Å². The van der Waals surface area contributed by atoms with Crippen molar-refractivity contribution < 1.29 is 9.53 Å². The highest BCUT2D eigenvalue weighted by molar-refractivity contribution is 9.10. The van der Waals surface area contributed by atoms with Crippen molar-refractivity contribution in [2.45, 2.75) is 0 Å². The van der Waals surface area contributed by atoms with E-state index in [-0.39, 0.29) is 5.91 Å². The Hall–Kier alpha value is -0.740. The second-order valence-electron chi connectivity index (χ2n) is 2.55. The maximum Gasteiger partial charge on any atom is 0.251 e. The molecule has 1 amide bonds. The lowest BCUT2D eigenvalue weighted by Crippen LogP contribution is -2.17. The van der Waals surface area contributed by atoms with Crippen molar-refractivity contribution in [3.63, 3.8) is 0 Å². The number of rotatable bonds is 2. The molecular weight excluding hydrogens is 269 g/mol. The summed E-state index contributed by atoms with van der Waals surface area (Å²) in [6, 6.07) is 3.23. The van der Waals surface area contributed by atoms with Gasteiger partial charge in [0, 0.05) is 17.1 Å². The summed E-state index contributed by atoms with van der Waals surface area (Å²) < 4.78 is 5.66. The van der Waals surface area contributed by atoms with Gasteiger partial charge in [-0.05, 0) is 28.1 Å². The molecule has 0 aliphatic carbocycles. The van der Waals surface area contributed by atoms with E-state index in [4.69, 9.17) is 16.3 Å². The lowest BCUT2D eigenvalue weighted by molar-refractivity contribution is 0.0962. The van der Waals surface area contributed by atoms with E-state index in [9.17, 15) is 4.79 Å². The van der Waals surface area contributed by atoms with Crippen molar-refractivity contribution in [3.05, 3.63) is 27.2 Å². The van der Waals surface area contributed by atoms with E-state index in [0.717, 1.165) is 0 Å². The first-order valence-electron chi connectivity index (χ1n) is 3.85. The van der Waals surface area contributed by atoms with Gasteiger partial charge in [0.15, 0.2) is 0 Å². The molecule has 0 spiro atoms. The van der Waals surface area contributed by atoms with E-state index in [0.29, 0.717) is 20.8 Å². The highest BCUT2D eigenvalue weighted by Gasteiger charge is 2.11. The van der Waals surface area contributed by atoms with Crippen LogP contribution >= 0.6 is 27.5 Å². The molecule has 0 saturated carbocycles. The molecule has 5 heteroatoms. The van der Waals surface area contributed by atoms with Gasteiger partial charge in [0.2, 0.25) is 0 Å². The summed E-state index contributed by atoms with van der Waals surface area (Å²) in [4.78, 5) is 11.3. The third-order valence-corrected chi connectivity index (χ3v) is 2.95. The van der Waals surface area contributed by atoms with Crippen LogP contribution in [-0.4, -0.2) is 20.1 Å². The highest BCUT2D eigenvalue weighted by atomic mass is 79.9. The Bertz CT molecular complexity index is 368. The first kappa shape index (κ1) is 11.3. The average molecular weight is 279 g/mol. The SMILES string of the molecule is CNC(=O)c1cc(Br)c(Cl)c(OC)c1. The van der Waals surface area contributed by atoms with E-state index in [1.165, 1.54) is 7.11 Å². The van der Waals surface area contributed by atoms with Gasteiger partial charge >= 0.3 is 0 Å². The van der Waals surface area contributed by atoms with E-state index in [2.05, 4.69) is 21.2 Å². The van der Waals surface area contributed by atoms with Gasteiger partial charge in [-0.3, -0.25) is 4.79 Å². The van der Waals surface area contributed by atoms with Crippen molar-refractivity contribution in [2.75, 3.05) is 14.2 Å². The molecule has 14 heavy (non-hydrogen) atoms. The quantitative estimate of drug-likeness (QED) is 0.902. The summed E-state index contributed by atoms with van der Waals surface area (Å²) in [7, 11) is 3.07. The molecule has 0 atom stereocenters. The average Bonchev–Trinajstić information content (AvgIpc) is 2.20. The van der Waals surface area contributed by atoms with Gasteiger partial charge in [-0.2, -0.15) is 0 Å². The molecule has 1 rings (SSSR count). The van der Waals surface area contributed by atoms with Crippen LogP contribution in [-0.2, 0) is 0 Å². The Morgan fingerprint density at radius 2 is 2.21 bits per heavy atom. The largest absolute Gasteiger partial charge is 0.495 e. The van der Waals surface area contributed by atoms with Gasteiger partial charge in [0.05, 0.1) is 12.1 Å². The number of amides is 1. The van der Waals surface area contributed by atoms with E-state index >= 15 is 0 Å². The van der Waals surface area contributed by atoms with Gasteiger partial charge in [-0.15, -0.1) is 0 Å². The third-order valence-electron chi connectivity index (χ3n) is 1.70. The van der Waals surface area contributed by atoms with Crippen molar-refractivity contribution >= 4 is 33.4 Å². The number of ether oxygens (including phenoxy) is 1. The fourth-order valence-electron chi connectivity index (χ4n) is 0.988. The normalized spacial score (nSPS) is 9.71. The molecule has 3 nitrogen and oxygen atoms in total. The Morgan fingerprint density at radius 3 is 2.71 bits per heavy atom. The summed E-state index contributed by atoms with van der Waals surface area (Å²) in [6.07, 6.45) is 0. The second kappa shape index (κ2) is 4.66. The molecular formula is C9H9BrClNO2. The van der Waals surface area contributed by atoms with E-state index in [1.807, 2.05) is 0 Å². The molecule has 0 aliphatic rings. The predicted octanol–water partition coefficient (Wildman–Crippen LogP) is 2.47. The Labute approximate surface area is 95.5 Å². The Morgan fingerprint density at radius 1 is 1.57 bits per heavy atom. The zero-order valence-corrected chi connectivity index (χ0v) is 10.1. The van der Waals surface area contributed by atoms with Crippen LogP contribution < -0.4 is 10.1 Å². The summed E-state index contributed by atoms with van der Waals surface area (Å²) in [6.45, 7) is 0. The van der Waals surface area contributed by atoms with E-state index < -0.39 is 0 Å². The molecule has 0 saturated heterocycles. The standard InChI is InChI=1S/C9H9BrClNO2/c1-12-9(13)5-3-6(10)8(11)7(4-5)14-2/h3-4H,1-2H3,(H,12,13). The smallest absolute Gasteiger partial charge is 0.251 e. The number of nitrogens with one attached hydrogen (secondary N) is 1. The molecule has 0 radical (unpaired) electrons. The minimum absolute atomic E-state index is 0.180. The third kappa shape index (κ3) is 2.19. The van der Waals surface area contributed by atoms with E-state index in [1.54, 1.807) is 19.2 Å². The van der Waals surface area contributed by atoms with Crippen LogP contribution in [0, 0.1) is 0 Å². The zero-order chi connectivity index (χ0) is 10.7. The summed E-state index contributed by atoms with van der Waals surface area (Å²) in [5.74, 6) is 0.292. The van der Waals surface area contributed by atoms with Gasteiger partial charge in [-0.1, -0.05) is 11.6 Å². The number of carbonyl (C=O) groups excluding carboxylic acids is 1. The van der Waals surface area contributed by atoms with Crippen molar-refractivity contribution in [1.82, 2.24) is 5.32 Å². The van der Waals surface area contributed by atoms with Gasteiger partial charge < -0.3 is 10.1 Å². The monoisotopic (exact) mass is 277 g/mol. The van der Waals surface area contributed by atoms with Crippen molar-refractivity contribution in [1.29, 1.82) is 0 Å². The van der Waals surface area contributed by atoms with Gasteiger partial charge in [0.1, 0.15) is 5.75 Å². The molecule has 1 aromatic carbocycles. The predicted molar refractivity (Wildman–Crippen MR) is 59.1 cm³/mol. The van der Waals surface area contributed by atoms with Crippen molar-refractivity contribution in [2.24, 2.45) is 0 Å². The Balaban J connectivity index is 3.22. The molecule has 0 heterocycles. The lowest BCUT2D eigenvalue weighted by atomic mass is 10.2. The van der Waals surface area contributed by atoms with Gasteiger partial charge in [0.25, 0.3) is 5.91 Å².